The van der Waals surface area contributed by atoms with E-state index in [4.69, 9.17) is 4.74 Å². The Bertz CT molecular complexity index is 846. The van der Waals surface area contributed by atoms with E-state index in [-0.39, 0.29) is 5.97 Å². The van der Waals surface area contributed by atoms with Gasteiger partial charge in [-0.25, -0.2) is 4.79 Å². The molecule has 0 saturated carbocycles. The smallest absolute Gasteiger partial charge is 0.337 e. The zero-order valence-corrected chi connectivity index (χ0v) is 14.2. The van der Waals surface area contributed by atoms with Crippen LogP contribution < -0.4 is 0 Å². The van der Waals surface area contributed by atoms with Gasteiger partial charge in [0.25, 0.3) is 0 Å². The van der Waals surface area contributed by atoms with E-state index < -0.39 is 0 Å². The van der Waals surface area contributed by atoms with Gasteiger partial charge in [0.15, 0.2) is 0 Å². The van der Waals surface area contributed by atoms with E-state index in [1.165, 1.54) is 18.9 Å². The second kappa shape index (κ2) is 7.27. The first-order chi connectivity index (χ1) is 11.7. The van der Waals surface area contributed by atoms with E-state index in [1.807, 2.05) is 43.3 Å². The number of tetrazole rings is 1. The van der Waals surface area contributed by atoms with E-state index in [1.54, 1.807) is 16.8 Å². The number of rotatable bonds is 5. The van der Waals surface area contributed by atoms with Gasteiger partial charge in [0.05, 0.1) is 18.4 Å². The summed E-state index contributed by atoms with van der Waals surface area (Å²) in [6, 6.07) is 15.3. The Hall–Kier alpha value is -2.67. The highest BCUT2D eigenvalue weighted by Crippen LogP contribution is 2.23. The van der Waals surface area contributed by atoms with Crippen molar-refractivity contribution in [3.8, 4) is 5.69 Å². The van der Waals surface area contributed by atoms with Crippen molar-refractivity contribution in [1.82, 2.24) is 20.2 Å². The van der Waals surface area contributed by atoms with E-state index in [0.717, 1.165) is 22.0 Å². The lowest BCUT2D eigenvalue weighted by Crippen LogP contribution is -2.01. The Morgan fingerprint density at radius 1 is 1.21 bits per heavy atom. The van der Waals surface area contributed by atoms with Crippen LogP contribution in [0.25, 0.3) is 5.69 Å². The molecule has 0 unspecified atom stereocenters. The van der Waals surface area contributed by atoms with Gasteiger partial charge in [0.2, 0.25) is 5.16 Å². The fourth-order valence-electron chi connectivity index (χ4n) is 2.19. The fourth-order valence-corrected chi connectivity index (χ4v) is 3.04. The zero-order valence-electron chi connectivity index (χ0n) is 13.3. The van der Waals surface area contributed by atoms with Crippen LogP contribution in [0.1, 0.15) is 21.5 Å². The fraction of sp³-hybridized carbons (Fsp3) is 0.176. The molecule has 0 spiro atoms. The Labute approximate surface area is 143 Å². The molecule has 0 bridgehead atoms. The molecule has 1 heterocycles. The Morgan fingerprint density at radius 3 is 2.71 bits per heavy atom. The summed E-state index contributed by atoms with van der Waals surface area (Å²) in [6.07, 6.45) is 0. The van der Waals surface area contributed by atoms with Crippen LogP contribution in [0.3, 0.4) is 0 Å². The highest BCUT2D eigenvalue weighted by molar-refractivity contribution is 7.98. The lowest BCUT2D eigenvalue weighted by Gasteiger charge is -2.05. The average molecular weight is 340 g/mol. The van der Waals surface area contributed by atoms with Crippen LogP contribution in [0.15, 0.2) is 53.7 Å². The number of aryl methyl sites for hydroxylation is 1. The first-order valence-corrected chi connectivity index (χ1v) is 8.31. The molecule has 0 amide bonds. The number of thioether (sulfide) groups is 1. The molecule has 122 valence electrons. The Kier molecular flexibility index (Phi) is 4.90. The Balaban J connectivity index is 1.72. The highest BCUT2D eigenvalue weighted by atomic mass is 32.2. The molecular weight excluding hydrogens is 324 g/mol. The molecule has 1 aromatic heterocycles. The molecule has 2 aromatic carbocycles. The van der Waals surface area contributed by atoms with E-state index in [2.05, 4.69) is 15.5 Å². The van der Waals surface area contributed by atoms with Crippen molar-refractivity contribution >= 4 is 17.7 Å². The molecule has 0 saturated heterocycles. The molecule has 6 nitrogen and oxygen atoms in total. The molecule has 0 N–H and O–H groups in total. The van der Waals surface area contributed by atoms with Gasteiger partial charge in [-0.3, -0.25) is 0 Å². The highest BCUT2D eigenvalue weighted by Gasteiger charge is 2.10. The van der Waals surface area contributed by atoms with Crippen molar-refractivity contribution in [2.75, 3.05) is 7.11 Å². The summed E-state index contributed by atoms with van der Waals surface area (Å²) < 4.78 is 6.42. The summed E-state index contributed by atoms with van der Waals surface area (Å²) >= 11 is 1.54. The lowest BCUT2D eigenvalue weighted by molar-refractivity contribution is 0.0600. The molecule has 0 fully saturated rings. The predicted octanol–water partition coefficient (Wildman–Crippen LogP) is 3.05. The van der Waals surface area contributed by atoms with Crippen LogP contribution in [0.4, 0.5) is 0 Å². The van der Waals surface area contributed by atoms with Crippen molar-refractivity contribution < 1.29 is 9.53 Å². The van der Waals surface area contributed by atoms with Gasteiger partial charge < -0.3 is 4.74 Å². The molecule has 3 rings (SSSR count). The summed E-state index contributed by atoms with van der Waals surface area (Å²) in [7, 11) is 1.37. The summed E-state index contributed by atoms with van der Waals surface area (Å²) in [5, 5.41) is 12.6. The minimum absolute atomic E-state index is 0.336. The summed E-state index contributed by atoms with van der Waals surface area (Å²) in [6.45, 7) is 2.03. The number of methoxy groups -OCH3 is 1. The number of nitrogens with zero attached hydrogens (tertiary/aromatic N) is 4. The molecule has 7 heteroatoms. The molecule has 0 aliphatic rings. The van der Waals surface area contributed by atoms with E-state index >= 15 is 0 Å². The monoisotopic (exact) mass is 340 g/mol. The maximum Gasteiger partial charge on any atom is 0.337 e. The van der Waals surface area contributed by atoms with Crippen molar-refractivity contribution in [2.45, 2.75) is 17.8 Å². The number of esters is 1. The molecule has 0 aliphatic heterocycles. The number of carbonyl (C=O) groups is 1. The normalized spacial score (nSPS) is 10.6. The second-order valence-electron chi connectivity index (χ2n) is 5.19. The second-order valence-corrected chi connectivity index (χ2v) is 6.13. The van der Waals surface area contributed by atoms with Crippen LogP contribution >= 0.6 is 11.8 Å². The van der Waals surface area contributed by atoms with Gasteiger partial charge in [-0.2, -0.15) is 4.68 Å². The molecule has 0 aliphatic carbocycles. The zero-order chi connectivity index (χ0) is 16.9. The summed E-state index contributed by atoms with van der Waals surface area (Å²) in [5.74, 6) is 0.366. The number of aromatic nitrogens is 4. The number of carbonyl (C=O) groups excluding carboxylic acids is 1. The Morgan fingerprint density at radius 2 is 2.00 bits per heavy atom. The van der Waals surface area contributed by atoms with Crippen molar-refractivity contribution in [3.05, 3.63) is 65.2 Å². The van der Waals surface area contributed by atoms with Crippen molar-refractivity contribution in [3.63, 3.8) is 0 Å². The minimum atomic E-state index is -0.336. The molecule has 0 radical (unpaired) electrons. The molecular formula is C17H16N4O2S. The first kappa shape index (κ1) is 16.2. The van der Waals surface area contributed by atoms with Crippen LogP contribution in [0.2, 0.25) is 0 Å². The largest absolute Gasteiger partial charge is 0.465 e. The van der Waals surface area contributed by atoms with Gasteiger partial charge in [0, 0.05) is 5.75 Å². The standard InChI is InChI=1S/C17H16N4O2S/c1-12-4-3-5-15(10-12)21-17(18-19-20-21)24-11-13-6-8-14(9-7-13)16(22)23-2/h3-10H,11H2,1-2H3. The SMILES string of the molecule is COC(=O)c1ccc(CSc2nnnn2-c2cccc(C)c2)cc1. The van der Waals surface area contributed by atoms with Crippen LogP contribution in [-0.2, 0) is 10.5 Å². The third-order valence-corrected chi connectivity index (χ3v) is 4.42. The van der Waals surface area contributed by atoms with Crippen LogP contribution in [0.5, 0.6) is 0 Å². The van der Waals surface area contributed by atoms with Crippen LogP contribution in [-0.4, -0.2) is 33.3 Å². The first-order valence-electron chi connectivity index (χ1n) is 7.33. The number of benzene rings is 2. The predicted molar refractivity (Wildman–Crippen MR) is 91.2 cm³/mol. The van der Waals surface area contributed by atoms with E-state index in [9.17, 15) is 4.79 Å². The molecule has 24 heavy (non-hydrogen) atoms. The number of ether oxygens (including phenoxy) is 1. The maximum absolute atomic E-state index is 11.4. The van der Waals surface area contributed by atoms with Crippen molar-refractivity contribution in [2.24, 2.45) is 0 Å². The lowest BCUT2D eigenvalue weighted by atomic mass is 10.1. The van der Waals surface area contributed by atoms with Gasteiger partial charge in [-0.1, -0.05) is 36.0 Å². The number of hydrogen-bond donors (Lipinski definition) is 0. The molecule has 3 aromatic rings. The summed E-state index contributed by atoms with van der Waals surface area (Å²) in [4.78, 5) is 11.4. The van der Waals surface area contributed by atoms with E-state index in [0.29, 0.717) is 11.3 Å². The third kappa shape index (κ3) is 3.62. The van der Waals surface area contributed by atoms with Gasteiger partial charge in [0.1, 0.15) is 0 Å². The average Bonchev–Trinajstić information content (AvgIpc) is 3.08. The van der Waals surface area contributed by atoms with Crippen LogP contribution in [0, 0.1) is 6.92 Å². The van der Waals surface area contributed by atoms with Gasteiger partial charge >= 0.3 is 5.97 Å². The maximum atomic E-state index is 11.4. The topological polar surface area (TPSA) is 69.9 Å². The summed E-state index contributed by atoms with van der Waals surface area (Å²) in [5.41, 5.74) is 3.70. The van der Waals surface area contributed by atoms with Gasteiger partial charge in [-0.05, 0) is 52.7 Å². The van der Waals surface area contributed by atoms with Crippen molar-refractivity contribution in [1.29, 1.82) is 0 Å². The third-order valence-electron chi connectivity index (χ3n) is 3.43. The van der Waals surface area contributed by atoms with Gasteiger partial charge in [-0.15, -0.1) is 5.10 Å². The minimum Gasteiger partial charge on any atom is -0.465 e. The number of hydrogen-bond acceptors (Lipinski definition) is 6. The quantitative estimate of drug-likeness (QED) is 0.525. The molecule has 0 atom stereocenters.